The van der Waals surface area contributed by atoms with E-state index in [0.29, 0.717) is 28.6 Å². The minimum atomic E-state index is -0.642. The molecule has 0 unspecified atom stereocenters. The van der Waals surface area contributed by atoms with Crippen LogP contribution in [0.25, 0.3) is 0 Å². The lowest BCUT2D eigenvalue weighted by atomic mass is 10.1. The van der Waals surface area contributed by atoms with E-state index in [1.165, 1.54) is 4.90 Å². The number of nitrogens with zero attached hydrogens (tertiary/aromatic N) is 1. The summed E-state index contributed by atoms with van der Waals surface area (Å²) in [5, 5.41) is 2.72. The Balaban J connectivity index is 1.30. The van der Waals surface area contributed by atoms with Gasteiger partial charge in [-0.2, -0.15) is 0 Å². The number of carbonyl (C=O) groups is 3. The third-order valence-corrected chi connectivity index (χ3v) is 6.04. The normalized spacial score (nSPS) is 14.9. The van der Waals surface area contributed by atoms with E-state index in [4.69, 9.17) is 14.2 Å². The third-order valence-electron chi connectivity index (χ3n) is 6.04. The number of rotatable bonds is 8. The first-order chi connectivity index (χ1) is 17.3. The van der Waals surface area contributed by atoms with Gasteiger partial charge in [0.15, 0.2) is 18.1 Å². The number of hydrogen-bond donors (Lipinski definition) is 1. The number of hydrogen-bond acceptors (Lipinski definition) is 6. The summed E-state index contributed by atoms with van der Waals surface area (Å²) in [6.45, 7) is 3.71. The Morgan fingerprint density at radius 1 is 0.972 bits per heavy atom. The van der Waals surface area contributed by atoms with Crippen molar-refractivity contribution in [2.45, 2.75) is 20.3 Å². The Labute approximate surface area is 209 Å². The van der Waals surface area contributed by atoms with Gasteiger partial charge in [-0.15, -0.1) is 0 Å². The number of methoxy groups -OCH3 is 1. The van der Waals surface area contributed by atoms with E-state index in [2.05, 4.69) is 5.32 Å². The molecule has 1 fully saturated rings. The molecule has 8 nitrogen and oxygen atoms in total. The number of para-hydroxylation sites is 2. The van der Waals surface area contributed by atoms with E-state index < -0.39 is 24.4 Å². The van der Waals surface area contributed by atoms with Gasteiger partial charge >= 0.3 is 5.97 Å². The van der Waals surface area contributed by atoms with Crippen molar-refractivity contribution in [3.63, 3.8) is 0 Å². The summed E-state index contributed by atoms with van der Waals surface area (Å²) in [7, 11) is 1.57. The van der Waals surface area contributed by atoms with Gasteiger partial charge in [-0.1, -0.05) is 18.2 Å². The first kappa shape index (κ1) is 24.8. The van der Waals surface area contributed by atoms with E-state index in [0.717, 1.165) is 11.1 Å². The van der Waals surface area contributed by atoms with E-state index in [1.54, 1.807) is 49.6 Å². The van der Waals surface area contributed by atoms with Crippen molar-refractivity contribution >= 4 is 29.2 Å². The fourth-order valence-electron chi connectivity index (χ4n) is 3.91. The standard InChI is InChI=1S/C28H28N2O6/c1-18-8-9-21(14-19(18)2)29-26(31)17-35-28(33)20-15-27(32)30(16-20)22-10-12-23(13-11-22)36-25-7-5-4-6-24(25)34-3/h4-14,20H,15-17H2,1-3H3,(H,29,31)/t20-/m1/s1. The van der Waals surface area contributed by atoms with Crippen LogP contribution in [0.4, 0.5) is 11.4 Å². The minimum absolute atomic E-state index is 0.0249. The molecule has 1 N–H and O–H groups in total. The van der Waals surface area contributed by atoms with Crippen LogP contribution in [-0.2, 0) is 19.1 Å². The molecule has 1 aliphatic rings. The molecule has 1 heterocycles. The lowest BCUT2D eigenvalue weighted by Crippen LogP contribution is -2.28. The molecule has 0 radical (unpaired) electrons. The van der Waals surface area contributed by atoms with Crippen LogP contribution in [-0.4, -0.2) is 38.0 Å². The van der Waals surface area contributed by atoms with Crippen molar-refractivity contribution in [1.82, 2.24) is 0 Å². The molecule has 0 spiro atoms. The Kier molecular flexibility index (Phi) is 7.53. The van der Waals surface area contributed by atoms with Crippen molar-refractivity contribution in [2.24, 2.45) is 5.92 Å². The number of anilines is 2. The monoisotopic (exact) mass is 488 g/mol. The second kappa shape index (κ2) is 10.9. The highest BCUT2D eigenvalue weighted by Crippen LogP contribution is 2.33. The molecule has 1 aliphatic heterocycles. The molecule has 1 atom stereocenters. The average molecular weight is 489 g/mol. The average Bonchev–Trinajstić information content (AvgIpc) is 3.27. The molecule has 0 bridgehead atoms. The SMILES string of the molecule is COc1ccccc1Oc1ccc(N2C[C@H](C(=O)OCC(=O)Nc3ccc(C)c(C)c3)CC2=O)cc1. The zero-order valence-corrected chi connectivity index (χ0v) is 20.4. The maximum absolute atomic E-state index is 12.6. The van der Waals surface area contributed by atoms with E-state index >= 15 is 0 Å². The molecule has 1 saturated heterocycles. The van der Waals surface area contributed by atoms with Gasteiger partial charge in [0.05, 0.1) is 13.0 Å². The van der Waals surface area contributed by atoms with Gasteiger partial charge in [0.2, 0.25) is 5.91 Å². The molecule has 8 heteroatoms. The van der Waals surface area contributed by atoms with Crippen molar-refractivity contribution in [3.05, 3.63) is 77.9 Å². The van der Waals surface area contributed by atoms with Crippen LogP contribution < -0.4 is 19.7 Å². The summed E-state index contributed by atoms with van der Waals surface area (Å²) in [5.41, 5.74) is 3.46. The van der Waals surface area contributed by atoms with Gasteiger partial charge in [0.1, 0.15) is 5.75 Å². The quantitative estimate of drug-likeness (QED) is 0.465. The largest absolute Gasteiger partial charge is 0.493 e. The van der Waals surface area contributed by atoms with Crippen molar-refractivity contribution in [3.8, 4) is 17.2 Å². The summed E-state index contributed by atoms with van der Waals surface area (Å²) in [6.07, 6.45) is 0.0249. The molecule has 0 aliphatic carbocycles. The predicted octanol–water partition coefficient (Wildman–Crippen LogP) is 4.64. The Bertz CT molecular complexity index is 1270. The molecule has 3 aromatic carbocycles. The fraction of sp³-hybridized carbons (Fsp3) is 0.250. The van der Waals surface area contributed by atoms with Gasteiger partial charge in [-0.25, -0.2) is 0 Å². The number of nitrogens with one attached hydrogen (secondary N) is 1. The minimum Gasteiger partial charge on any atom is -0.493 e. The van der Waals surface area contributed by atoms with Gasteiger partial charge in [0, 0.05) is 24.3 Å². The number of ether oxygens (including phenoxy) is 3. The van der Waals surface area contributed by atoms with Crippen LogP contribution in [0.15, 0.2) is 66.7 Å². The maximum atomic E-state index is 12.6. The van der Waals surface area contributed by atoms with E-state index in [-0.39, 0.29) is 18.9 Å². The molecular weight excluding hydrogens is 460 g/mol. The van der Waals surface area contributed by atoms with Crippen LogP contribution in [0.5, 0.6) is 17.2 Å². The summed E-state index contributed by atoms with van der Waals surface area (Å²) >= 11 is 0. The fourth-order valence-corrected chi connectivity index (χ4v) is 3.91. The zero-order valence-electron chi connectivity index (χ0n) is 20.4. The molecule has 3 aromatic rings. The highest BCUT2D eigenvalue weighted by atomic mass is 16.5. The topological polar surface area (TPSA) is 94.2 Å². The maximum Gasteiger partial charge on any atom is 0.311 e. The van der Waals surface area contributed by atoms with Crippen molar-refractivity contribution < 1.29 is 28.6 Å². The summed E-state index contributed by atoms with van der Waals surface area (Å²) in [6, 6.07) is 19.9. The summed E-state index contributed by atoms with van der Waals surface area (Å²) in [5.74, 6) is -0.0581. The van der Waals surface area contributed by atoms with E-state index in [9.17, 15) is 14.4 Å². The first-order valence-electron chi connectivity index (χ1n) is 11.6. The van der Waals surface area contributed by atoms with Crippen LogP contribution in [0.3, 0.4) is 0 Å². The van der Waals surface area contributed by atoms with Gasteiger partial charge < -0.3 is 24.4 Å². The molecular formula is C28H28N2O6. The number of benzene rings is 3. The second-order valence-corrected chi connectivity index (χ2v) is 8.61. The number of aryl methyl sites for hydroxylation is 2. The van der Waals surface area contributed by atoms with Crippen molar-refractivity contribution in [2.75, 3.05) is 30.5 Å². The Morgan fingerprint density at radius 2 is 1.69 bits per heavy atom. The molecule has 0 saturated carbocycles. The van der Waals surface area contributed by atoms with Gasteiger partial charge in [0.25, 0.3) is 5.91 Å². The van der Waals surface area contributed by atoms with Crippen LogP contribution in [0, 0.1) is 19.8 Å². The third kappa shape index (κ3) is 5.83. The highest BCUT2D eigenvalue weighted by molar-refractivity contribution is 6.00. The lowest BCUT2D eigenvalue weighted by Gasteiger charge is -2.17. The molecule has 36 heavy (non-hydrogen) atoms. The lowest BCUT2D eigenvalue weighted by molar-refractivity contribution is -0.151. The zero-order chi connectivity index (χ0) is 25.7. The molecule has 4 rings (SSSR count). The Hall–Kier alpha value is -4.33. The predicted molar refractivity (Wildman–Crippen MR) is 135 cm³/mol. The Morgan fingerprint density at radius 3 is 2.39 bits per heavy atom. The molecule has 0 aromatic heterocycles. The highest BCUT2D eigenvalue weighted by Gasteiger charge is 2.36. The van der Waals surface area contributed by atoms with Crippen LogP contribution in [0.2, 0.25) is 0 Å². The number of amides is 2. The first-order valence-corrected chi connectivity index (χ1v) is 11.6. The summed E-state index contributed by atoms with van der Waals surface area (Å²) in [4.78, 5) is 38.8. The van der Waals surface area contributed by atoms with E-state index in [1.807, 2.05) is 38.1 Å². The smallest absolute Gasteiger partial charge is 0.311 e. The molecule has 2 amide bonds. The van der Waals surface area contributed by atoms with Crippen LogP contribution >= 0.6 is 0 Å². The molecule has 186 valence electrons. The number of esters is 1. The second-order valence-electron chi connectivity index (χ2n) is 8.61. The van der Waals surface area contributed by atoms with Gasteiger partial charge in [-0.05, 0) is 73.5 Å². The van der Waals surface area contributed by atoms with Gasteiger partial charge in [-0.3, -0.25) is 14.4 Å². The van der Waals surface area contributed by atoms with Crippen molar-refractivity contribution in [1.29, 1.82) is 0 Å². The summed E-state index contributed by atoms with van der Waals surface area (Å²) < 4.78 is 16.4. The number of carbonyl (C=O) groups excluding carboxylic acids is 3. The van der Waals surface area contributed by atoms with Crippen LogP contribution in [0.1, 0.15) is 17.5 Å².